The molecule has 39 heavy (non-hydrogen) atoms. The molecular formula is C37H28BrN. The second-order valence-electron chi connectivity index (χ2n) is 10.3. The van der Waals surface area contributed by atoms with Gasteiger partial charge in [-0.3, -0.25) is 0 Å². The lowest BCUT2D eigenvalue weighted by molar-refractivity contribution is 0.680. The highest BCUT2D eigenvalue weighted by atomic mass is 79.9. The molecule has 2 heteroatoms. The quantitative estimate of drug-likeness (QED) is 0.189. The summed E-state index contributed by atoms with van der Waals surface area (Å²) in [5.41, 5.74) is 7.82. The molecule has 0 radical (unpaired) electrons. The first-order valence-corrected chi connectivity index (χ1v) is 14.3. The van der Waals surface area contributed by atoms with E-state index < -0.39 is 0 Å². The van der Waals surface area contributed by atoms with Crippen molar-refractivity contribution in [3.05, 3.63) is 161 Å². The minimum atomic E-state index is 0.366. The second-order valence-corrected chi connectivity index (χ2v) is 11.3. The molecule has 7 rings (SSSR count). The molecular weight excluding hydrogens is 538 g/mol. The lowest BCUT2D eigenvalue weighted by Gasteiger charge is -2.19. The topological polar surface area (TPSA) is 4.93 Å². The number of hydrogen-bond acceptors (Lipinski definition) is 0. The largest absolute Gasteiger partial charge is 0.309 e. The maximum absolute atomic E-state index is 3.73. The highest BCUT2D eigenvalue weighted by Gasteiger charge is 2.19. The maximum Gasteiger partial charge on any atom is 0.0544 e. The highest BCUT2D eigenvalue weighted by molar-refractivity contribution is 9.10. The zero-order chi connectivity index (χ0) is 26.2. The fraction of sp³-hybridized carbons (Fsp3) is 0.0811. The molecule has 1 nitrogen and oxygen atoms in total. The number of benzene rings is 6. The van der Waals surface area contributed by atoms with Crippen molar-refractivity contribution >= 4 is 48.5 Å². The van der Waals surface area contributed by atoms with E-state index in [1.54, 1.807) is 0 Å². The molecule has 7 aromatic rings. The van der Waals surface area contributed by atoms with Crippen LogP contribution < -0.4 is 0 Å². The van der Waals surface area contributed by atoms with Crippen LogP contribution in [0.2, 0.25) is 0 Å². The molecule has 0 spiro atoms. The third-order valence-electron chi connectivity index (χ3n) is 7.88. The molecule has 0 bridgehead atoms. The third-order valence-corrected chi connectivity index (χ3v) is 8.37. The summed E-state index contributed by atoms with van der Waals surface area (Å²) in [6.07, 6.45) is 2.00. The van der Waals surface area contributed by atoms with Gasteiger partial charge in [-0.25, -0.2) is 0 Å². The van der Waals surface area contributed by atoms with Crippen LogP contribution in [0.25, 0.3) is 38.3 Å². The molecule has 0 aliphatic carbocycles. The summed E-state index contributed by atoms with van der Waals surface area (Å²) in [5, 5.41) is 5.06. The summed E-state index contributed by atoms with van der Waals surface area (Å²) in [5.74, 6) is 0.366. The molecule has 188 valence electrons. The number of nitrogens with zero attached hydrogens (tertiary/aromatic N) is 1. The van der Waals surface area contributed by atoms with Gasteiger partial charge < -0.3 is 4.57 Å². The minimum Gasteiger partial charge on any atom is -0.309 e. The Morgan fingerprint density at radius 2 is 1.18 bits per heavy atom. The molecule has 0 aliphatic heterocycles. The van der Waals surface area contributed by atoms with Crippen LogP contribution in [-0.4, -0.2) is 4.57 Å². The summed E-state index contributed by atoms with van der Waals surface area (Å²) in [7, 11) is 0. The van der Waals surface area contributed by atoms with Crippen molar-refractivity contribution in [2.24, 2.45) is 0 Å². The smallest absolute Gasteiger partial charge is 0.0544 e. The average molecular weight is 567 g/mol. The van der Waals surface area contributed by atoms with Gasteiger partial charge >= 0.3 is 0 Å². The Morgan fingerprint density at radius 3 is 1.92 bits per heavy atom. The van der Waals surface area contributed by atoms with E-state index in [4.69, 9.17) is 0 Å². The molecule has 0 N–H and O–H groups in total. The van der Waals surface area contributed by atoms with E-state index >= 15 is 0 Å². The zero-order valence-electron chi connectivity index (χ0n) is 21.6. The third kappa shape index (κ3) is 4.56. The first-order valence-electron chi connectivity index (χ1n) is 13.5. The Balaban J connectivity index is 1.46. The standard InChI is InChI=1S/C37H28BrN/c38-31-19-21-36-34(25-31)33-20-18-29(24-37(33)39(36)35-17-9-15-28-14-7-8-16-32(28)35)30(22-26-10-3-1-4-11-26)23-27-12-5-2-6-13-27/h1-21,24-25,30H,22-23H2. The van der Waals surface area contributed by atoms with Gasteiger partial charge in [0.2, 0.25) is 0 Å². The van der Waals surface area contributed by atoms with E-state index in [0.29, 0.717) is 5.92 Å². The fourth-order valence-corrected chi connectivity index (χ4v) is 6.39. The fourth-order valence-electron chi connectivity index (χ4n) is 6.03. The van der Waals surface area contributed by atoms with Gasteiger partial charge in [0.25, 0.3) is 0 Å². The van der Waals surface area contributed by atoms with Crippen molar-refractivity contribution in [3.63, 3.8) is 0 Å². The Morgan fingerprint density at radius 1 is 0.513 bits per heavy atom. The normalized spacial score (nSPS) is 11.6. The molecule has 0 unspecified atom stereocenters. The Labute approximate surface area is 237 Å². The zero-order valence-corrected chi connectivity index (χ0v) is 23.2. The Hall–Kier alpha value is -4.14. The van der Waals surface area contributed by atoms with Crippen molar-refractivity contribution in [1.29, 1.82) is 0 Å². The number of hydrogen-bond donors (Lipinski definition) is 0. The van der Waals surface area contributed by atoms with Crippen LogP contribution in [0.15, 0.2) is 144 Å². The van der Waals surface area contributed by atoms with Crippen LogP contribution in [0.3, 0.4) is 0 Å². The van der Waals surface area contributed by atoms with Crippen molar-refractivity contribution in [2.75, 3.05) is 0 Å². The number of fused-ring (bicyclic) bond motifs is 4. The van der Waals surface area contributed by atoms with Gasteiger partial charge in [-0.05, 0) is 71.2 Å². The van der Waals surface area contributed by atoms with E-state index in [-0.39, 0.29) is 0 Å². The van der Waals surface area contributed by atoms with E-state index in [2.05, 4.69) is 160 Å². The van der Waals surface area contributed by atoms with Crippen LogP contribution in [0, 0.1) is 0 Å². The van der Waals surface area contributed by atoms with Gasteiger partial charge in [0, 0.05) is 20.6 Å². The molecule has 0 amide bonds. The average Bonchev–Trinajstić information content (AvgIpc) is 3.30. The SMILES string of the molecule is Brc1ccc2c(c1)c1ccc(C(Cc3ccccc3)Cc3ccccc3)cc1n2-c1cccc2ccccc12. The van der Waals surface area contributed by atoms with Crippen LogP contribution in [0.4, 0.5) is 0 Å². The minimum absolute atomic E-state index is 0.366. The molecule has 0 fully saturated rings. The molecule has 0 aliphatic rings. The Kier molecular flexibility index (Phi) is 6.26. The van der Waals surface area contributed by atoms with Gasteiger partial charge in [-0.2, -0.15) is 0 Å². The predicted octanol–water partition coefficient (Wildman–Crippen LogP) is 10.3. The van der Waals surface area contributed by atoms with Crippen molar-refractivity contribution in [2.45, 2.75) is 18.8 Å². The van der Waals surface area contributed by atoms with E-state index in [0.717, 1.165) is 17.3 Å². The van der Waals surface area contributed by atoms with Gasteiger partial charge in [0.15, 0.2) is 0 Å². The molecule has 6 aromatic carbocycles. The second kappa shape index (κ2) is 10.2. The lowest BCUT2D eigenvalue weighted by atomic mass is 9.86. The van der Waals surface area contributed by atoms with Gasteiger partial charge in [0.05, 0.1) is 16.7 Å². The van der Waals surface area contributed by atoms with Crippen molar-refractivity contribution in [3.8, 4) is 5.69 Å². The molecule has 0 atom stereocenters. The van der Waals surface area contributed by atoms with Crippen LogP contribution in [0.5, 0.6) is 0 Å². The summed E-state index contributed by atoms with van der Waals surface area (Å²) >= 11 is 3.73. The first-order chi connectivity index (χ1) is 19.2. The van der Waals surface area contributed by atoms with Gasteiger partial charge in [-0.1, -0.05) is 125 Å². The monoisotopic (exact) mass is 565 g/mol. The number of halogens is 1. The molecule has 0 saturated heterocycles. The lowest BCUT2D eigenvalue weighted by Crippen LogP contribution is -2.07. The molecule has 1 heterocycles. The van der Waals surface area contributed by atoms with Crippen LogP contribution in [-0.2, 0) is 12.8 Å². The maximum atomic E-state index is 3.73. The summed E-state index contributed by atoms with van der Waals surface area (Å²) in [6.45, 7) is 0. The predicted molar refractivity (Wildman–Crippen MR) is 169 cm³/mol. The molecule has 0 saturated carbocycles. The van der Waals surface area contributed by atoms with E-state index in [9.17, 15) is 0 Å². The molecule has 1 aromatic heterocycles. The van der Waals surface area contributed by atoms with E-state index in [1.165, 1.54) is 55.0 Å². The highest BCUT2D eigenvalue weighted by Crippen LogP contribution is 2.38. The number of aromatic nitrogens is 1. The summed E-state index contributed by atoms with van der Waals surface area (Å²) in [6, 6.07) is 50.9. The van der Waals surface area contributed by atoms with Crippen LogP contribution >= 0.6 is 15.9 Å². The first kappa shape index (κ1) is 23.9. The van der Waals surface area contributed by atoms with E-state index in [1.807, 2.05) is 0 Å². The Bertz CT molecular complexity index is 1870. The summed E-state index contributed by atoms with van der Waals surface area (Å²) in [4.78, 5) is 0. The van der Waals surface area contributed by atoms with Gasteiger partial charge in [0.1, 0.15) is 0 Å². The van der Waals surface area contributed by atoms with Crippen molar-refractivity contribution in [1.82, 2.24) is 4.57 Å². The summed E-state index contributed by atoms with van der Waals surface area (Å²) < 4.78 is 3.56. The van der Waals surface area contributed by atoms with Crippen molar-refractivity contribution < 1.29 is 0 Å². The van der Waals surface area contributed by atoms with Crippen LogP contribution in [0.1, 0.15) is 22.6 Å². The van der Waals surface area contributed by atoms with Gasteiger partial charge in [-0.15, -0.1) is 0 Å². The number of rotatable bonds is 6.